The second kappa shape index (κ2) is 6.63. The summed E-state index contributed by atoms with van der Waals surface area (Å²) in [6.07, 6.45) is 1.04. The Hall–Kier alpha value is -2.36. The van der Waals surface area contributed by atoms with Crippen molar-refractivity contribution in [3.8, 4) is 0 Å². The lowest BCUT2D eigenvalue weighted by Gasteiger charge is -2.17. The highest BCUT2D eigenvalue weighted by Gasteiger charge is 2.20. The highest BCUT2D eigenvalue weighted by atomic mass is 32.2. The molecule has 0 spiro atoms. The minimum Gasteiger partial charge on any atom is -0.376 e. The molecule has 0 bridgehead atoms. The van der Waals surface area contributed by atoms with Crippen LogP contribution in [-0.4, -0.2) is 26.7 Å². The van der Waals surface area contributed by atoms with Crippen LogP contribution in [0.4, 0.5) is 28.9 Å². The molecule has 130 valence electrons. The van der Waals surface area contributed by atoms with Gasteiger partial charge < -0.3 is 5.32 Å². The van der Waals surface area contributed by atoms with Crippen LogP contribution in [0.2, 0.25) is 0 Å². The maximum Gasteiger partial charge on any atom is 0.253 e. The summed E-state index contributed by atoms with van der Waals surface area (Å²) in [5.74, 6) is -6.74. The maximum absolute atomic E-state index is 13.5. The Balaban J connectivity index is 2.17. The molecule has 1 N–H and O–H groups in total. The lowest BCUT2D eigenvalue weighted by Crippen LogP contribution is -2.24. The molecule has 1 aromatic heterocycles. The summed E-state index contributed by atoms with van der Waals surface area (Å²) in [7, 11) is -2.05. The van der Waals surface area contributed by atoms with Crippen molar-refractivity contribution in [2.75, 3.05) is 22.9 Å². The second-order valence-corrected chi connectivity index (χ2v) is 6.96. The van der Waals surface area contributed by atoms with Crippen molar-refractivity contribution in [3.63, 3.8) is 0 Å². The molecule has 0 fully saturated rings. The number of rotatable bonds is 5. The molecule has 0 aliphatic heterocycles. The monoisotopic (exact) mass is 363 g/mol. The van der Waals surface area contributed by atoms with Gasteiger partial charge in [-0.15, -0.1) is 0 Å². The van der Waals surface area contributed by atoms with Crippen LogP contribution in [0.5, 0.6) is 0 Å². The van der Waals surface area contributed by atoms with E-state index in [1.807, 2.05) is 0 Å². The highest BCUT2D eigenvalue weighted by molar-refractivity contribution is 7.92. The van der Waals surface area contributed by atoms with E-state index in [0.29, 0.717) is 11.3 Å². The summed E-state index contributed by atoms with van der Waals surface area (Å²) in [6, 6.07) is 5.98. The van der Waals surface area contributed by atoms with Gasteiger partial charge in [-0.2, -0.15) is 22.5 Å². The lowest BCUT2D eigenvalue weighted by atomic mass is 10.2. The van der Waals surface area contributed by atoms with Crippen molar-refractivity contribution in [2.24, 2.45) is 0 Å². The van der Waals surface area contributed by atoms with Crippen molar-refractivity contribution >= 4 is 21.4 Å². The summed E-state index contributed by atoms with van der Waals surface area (Å²) in [6.45, 7) is -0.139. The average molecular weight is 363 g/mol. The normalized spacial score (nSPS) is 11.4. The van der Waals surface area contributed by atoms with Crippen molar-refractivity contribution < 1.29 is 26.0 Å². The number of anilines is 2. The molecule has 0 amide bonds. The predicted molar refractivity (Wildman–Crippen MR) is 81.1 cm³/mol. The van der Waals surface area contributed by atoms with Crippen LogP contribution in [-0.2, 0) is 16.6 Å². The van der Waals surface area contributed by atoms with Crippen LogP contribution >= 0.6 is 0 Å². The molecular formula is C14H13F4N3O2S. The van der Waals surface area contributed by atoms with Gasteiger partial charge in [0.15, 0.2) is 0 Å². The molecule has 0 unspecified atom stereocenters. The van der Waals surface area contributed by atoms with Gasteiger partial charge in [0, 0.05) is 13.6 Å². The molecule has 24 heavy (non-hydrogen) atoms. The Kier molecular flexibility index (Phi) is 4.97. The van der Waals surface area contributed by atoms with Crippen molar-refractivity contribution in [1.29, 1.82) is 0 Å². The van der Waals surface area contributed by atoms with E-state index in [9.17, 15) is 26.0 Å². The van der Waals surface area contributed by atoms with Crippen LogP contribution in [0.1, 0.15) is 5.56 Å². The Bertz CT molecular complexity index is 831. The molecule has 0 saturated carbocycles. The average Bonchev–Trinajstić information content (AvgIpc) is 2.52. The number of pyridine rings is 1. The van der Waals surface area contributed by atoms with E-state index in [-0.39, 0.29) is 6.54 Å². The smallest absolute Gasteiger partial charge is 0.253 e. The Morgan fingerprint density at radius 1 is 1.04 bits per heavy atom. The molecule has 0 aliphatic rings. The van der Waals surface area contributed by atoms with Crippen LogP contribution in [0, 0.1) is 23.5 Å². The van der Waals surface area contributed by atoms with E-state index >= 15 is 0 Å². The van der Waals surface area contributed by atoms with Gasteiger partial charge in [-0.05, 0) is 17.7 Å². The van der Waals surface area contributed by atoms with E-state index in [1.165, 1.54) is 31.3 Å². The topological polar surface area (TPSA) is 62.3 Å². The van der Waals surface area contributed by atoms with Crippen molar-refractivity contribution in [2.45, 2.75) is 6.54 Å². The number of aromatic nitrogens is 1. The molecule has 2 aromatic rings. The number of nitrogens with zero attached hydrogens (tertiary/aromatic N) is 2. The van der Waals surface area contributed by atoms with Crippen molar-refractivity contribution in [3.05, 3.63) is 53.4 Å². The molecule has 0 aliphatic carbocycles. The van der Waals surface area contributed by atoms with Crippen LogP contribution < -0.4 is 9.62 Å². The summed E-state index contributed by atoms with van der Waals surface area (Å²) in [4.78, 5) is 2.46. The van der Waals surface area contributed by atoms with E-state index in [4.69, 9.17) is 0 Å². The van der Waals surface area contributed by atoms with E-state index in [0.717, 1.165) is 10.6 Å². The Morgan fingerprint density at radius 2 is 1.54 bits per heavy atom. The summed E-state index contributed by atoms with van der Waals surface area (Å²) in [5, 5.41) is 2.26. The minimum absolute atomic E-state index is 0.139. The van der Waals surface area contributed by atoms with Gasteiger partial charge in [0.2, 0.25) is 21.7 Å². The first-order valence-electron chi connectivity index (χ1n) is 6.58. The third-order valence-corrected chi connectivity index (χ3v) is 4.47. The highest BCUT2D eigenvalue weighted by Crippen LogP contribution is 2.23. The maximum atomic E-state index is 13.5. The first kappa shape index (κ1) is 18.0. The lowest BCUT2D eigenvalue weighted by molar-refractivity contribution is 0.410. The molecule has 0 saturated heterocycles. The van der Waals surface area contributed by atoms with Gasteiger partial charge in [0.1, 0.15) is 5.69 Å². The molecule has 5 nitrogen and oxygen atoms in total. The zero-order valence-corrected chi connectivity index (χ0v) is 13.5. The van der Waals surface area contributed by atoms with Crippen molar-refractivity contribution in [1.82, 2.24) is 4.98 Å². The van der Waals surface area contributed by atoms with Gasteiger partial charge >= 0.3 is 0 Å². The zero-order valence-electron chi connectivity index (χ0n) is 12.6. The molecule has 0 radical (unpaired) electrons. The standard InChI is InChI=1S/C14H13F4N3O2S/c1-21(24(2,22)23)9-5-3-8(4-6-9)7-19-12-10(15)13(17)20-14(18)11(12)16/h3-6H,7H2,1-2H3,(H,19,20). The van der Waals surface area contributed by atoms with Crippen LogP contribution in [0.25, 0.3) is 0 Å². The number of sulfonamides is 1. The largest absolute Gasteiger partial charge is 0.376 e. The fourth-order valence-corrected chi connectivity index (χ4v) is 2.35. The number of benzene rings is 1. The molecule has 1 aromatic carbocycles. The van der Waals surface area contributed by atoms with Crippen LogP contribution in [0.15, 0.2) is 24.3 Å². The minimum atomic E-state index is -3.42. The summed E-state index contributed by atoms with van der Waals surface area (Å²) in [5.41, 5.74) is -0.0611. The zero-order chi connectivity index (χ0) is 18.1. The Morgan fingerprint density at radius 3 is 2.00 bits per heavy atom. The quantitative estimate of drug-likeness (QED) is 0.655. The number of halogens is 4. The molecular weight excluding hydrogens is 350 g/mol. The van der Waals surface area contributed by atoms with E-state index < -0.39 is 39.2 Å². The van der Waals surface area contributed by atoms with Gasteiger partial charge in [-0.1, -0.05) is 12.1 Å². The first-order valence-corrected chi connectivity index (χ1v) is 8.42. The molecule has 10 heteroatoms. The third-order valence-electron chi connectivity index (χ3n) is 3.26. The summed E-state index contributed by atoms with van der Waals surface area (Å²) >= 11 is 0. The Labute approximate surface area is 136 Å². The molecule has 2 rings (SSSR count). The SMILES string of the molecule is CN(c1ccc(CNc2c(F)c(F)nc(F)c2F)cc1)S(C)(=O)=O. The fourth-order valence-electron chi connectivity index (χ4n) is 1.85. The fraction of sp³-hybridized carbons (Fsp3) is 0.214. The van der Waals surface area contributed by atoms with Crippen LogP contribution in [0.3, 0.4) is 0 Å². The van der Waals surface area contributed by atoms with Gasteiger partial charge in [0.05, 0.1) is 11.9 Å². The number of hydrogen-bond donors (Lipinski definition) is 1. The van der Waals surface area contributed by atoms with Gasteiger partial charge in [-0.25, -0.2) is 8.42 Å². The molecule has 1 heterocycles. The second-order valence-electron chi connectivity index (χ2n) is 4.95. The predicted octanol–water partition coefficient (Wildman–Crippen LogP) is 2.65. The summed E-state index contributed by atoms with van der Waals surface area (Å²) < 4.78 is 76.8. The third kappa shape index (κ3) is 3.75. The molecule has 0 atom stereocenters. The number of hydrogen-bond acceptors (Lipinski definition) is 4. The van der Waals surface area contributed by atoms with Gasteiger partial charge in [0.25, 0.3) is 11.9 Å². The number of nitrogens with one attached hydrogen (secondary N) is 1. The van der Waals surface area contributed by atoms with Gasteiger partial charge in [-0.3, -0.25) is 4.31 Å². The first-order chi connectivity index (χ1) is 11.1. The van der Waals surface area contributed by atoms with E-state index in [2.05, 4.69) is 10.3 Å². The van der Waals surface area contributed by atoms with E-state index in [1.54, 1.807) is 0 Å².